The lowest BCUT2D eigenvalue weighted by Crippen LogP contribution is -2.42. The molecule has 6 nitrogen and oxygen atoms in total. The van der Waals surface area contributed by atoms with E-state index in [1.165, 1.54) is 12.1 Å². The molecule has 0 spiro atoms. The highest BCUT2D eigenvalue weighted by Gasteiger charge is 2.52. The van der Waals surface area contributed by atoms with Gasteiger partial charge < -0.3 is 23.7 Å². The smallest absolute Gasteiger partial charge is 0.494 e. The van der Waals surface area contributed by atoms with E-state index < -0.39 is 30.3 Å². The SMILES string of the molecule is CC(C)(C)OC(=O)N1CCC(COc2cc(C(F)F)ccc2B2OC(C)(C)C(C)(C)O2)CC1. The summed E-state index contributed by atoms with van der Waals surface area (Å²) in [5, 5.41) is 0. The number of carbonyl (C=O) groups is 1. The number of hydrogen-bond donors (Lipinski definition) is 0. The first-order chi connectivity index (χ1) is 15.2. The summed E-state index contributed by atoms with van der Waals surface area (Å²) in [4.78, 5) is 14.0. The van der Waals surface area contributed by atoms with Gasteiger partial charge in [0.15, 0.2) is 0 Å². The Bertz CT molecular complexity index is 832. The van der Waals surface area contributed by atoms with E-state index in [1.54, 1.807) is 11.0 Å². The third kappa shape index (κ3) is 6.18. The number of ether oxygens (including phenoxy) is 2. The molecule has 0 aliphatic carbocycles. The summed E-state index contributed by atoms with van der Waals surface area (Å²) in [5.41, 5.74) is -1.14. The van der Waals surface area contributed by atoms with Gasteiger partial charge in [0, 0.05) is 24.1 Å². The molecular formula is C24H36BF2NO5. The van der Waals surface area contributed by atoms with Crippen LogP contribution in [0.4, 0.5) is 13.6 Å². The van der Waals surface area contributed by atoms with Gasteiger partial charge in [-0.05, 0) is 73.3 Å². The Morgan fingerprint density at radius 3 is 2.24 bits per heavy atom. The summed E-state index contributed by atoms with van der Waals surface area (Å²) in [5.74, 6) is 0.547. The molecule has 1 amide bonds. The Balaban J connectivity index is 1.66. The predicted molar refractivity (Wildman–Crippen MR) is 123 cm³/mol. The van der Waals surface area contributed by atoms with Crippen LogP contribution in [0.1, 0.15) is 73.3 Å². The van der Waals surface area contributed by atoms with Gasteiger partial charge in [-0.25, -0.2) is 13.6 Å². The first-order valence-electron chi connectivity index (χ1n) is 11.6. The van der Waals surface area contributed by atoms with Crippen LogP contribution in [0.15, 0.2) is 18.2 Å². The fraction of sp³-hybridized carbons (Fsp3) is 0.708. The van der Waals surface area contributed by atoms with Crippen molar-refractivity contribution in [2.75, 3.05) is 19.7 Å². The number of likely N-dealkylation sites (tertiary alicyclic amines) is 1. The quantitative estimate of drug-likeness (QED) is 0.574. The zero-order valence-electron chi connectivity index (χ0n) is 20.7. The molecule has 3 rings (SSSR count). The second-order valence-corrected chi connectivity index (χ2v) is 10.9. The summed E-state index contributed by atoms with van der Waals surface area (Å²) in [6.45, 7) is 14.8. The van der Waals surface area contributed by atoms with E-state index >= 15 is 0 Å². The second-order valence-electron chi connectivity index (χ2n) is 10.9. The third-order valence-corrected chi connectivity index (χ3v) is 6.54. The van der Waals surface area contributed by atoms with Crippen LogP contribution < -0.4 is 10.2 Å². The lowest BCUT2D eigenvalue weighted by molar-refractivity contribution is 0.00578. The molecule has 0 bridgehead atoms. The number of halogens is 2. The first kappa shape index (κ1) is 25.8. The highest BCUT2D eigenvalue weighted by Crippen LogP contribution is 2.37. The van der Waals surface area contributed by atoms with E-state index in [-0.39, 0.29) is 17.6 Å². The molecule has 1 aromatic rings. The van der Waals surface area contributed by atoms with Crippen molar-refractivity contribution in [1.29, 1.82) is 0 Å². The fourth-order valence-electron chi connectivity index (χ4n) is 3.79. The molecule has 0 N–H and O–H groups in total. The Hall–Kier alpha value is -1.87. The molecule has 33 heavy (non-hydrogen) atoms. The van der Waals surface area contributed by atoms with Crippen LogP contribution in [0.3, 0.4) is 0 Å². The van der Waals surface area contributed by atoms with Gasteiger partial charge in [-0.1, -0.05) is 12.1 Å². The molecule has 0 radical (unpaired) electrons. The lowest BCUT2D eigenvalue weighted by Gasteiger charge is -2.33. The molecular weight excluding hydrogens is 431 g/mol. The summed E-state index contributed by atoms with van der Waals surface area (Å²) in [7, 11) is -0.703. The van der Waals surface area contributed by atoms with Gasteiger partial charge in [-0.3, -0.25) is 0 Å². The van der Waals surface area contributed by atoms with Crippen molar-refractivity contribution in [3.05, 3.63) is 23.8 Å². The van der Waals surface area contributed by atoms with Gasteiger partial charge in [-0.15, -0.1) is 0 Å². The maximum Gasteiger partial charge on any atom is 0.498 e. The van der Waals surface area contributed by atoms with Crippen molar-refractivity contribution in [1.82, 2.24) is 4.90 Å². The number of hydrogen-bond acceptors (Lipinski definition) is 5. The minimum absolute atomic E-state index is 0.106. The summed E-state index contributed by atoms with van der Waals surface area (Å²) in [6.07, 6.45) is -1.41. The molecule has 0 saturated carbocycles. The Morgan fingerprint density at radius 2 is 1.73 bits per heavy atom. The van der Waals surface area contributed by atoms with Crippen molar-refractivity contribution in [3.8, 4) is 5.75 Å². The van der Waals surface area contributed by atoms with E-state index in [2.05, 4.69) is 0 Å². The van der Waals surface area contributed by atoms with E-state index in [9.17, 15) is 13.6 Å². The summed E-state index contributed by atoms with van der Waals surface area (Å²) < 4.78 is 50.5. The van der Waals surface area contributed by atoms with Crippen LogP contribution in [0, 0.1) is 5.92 Å². The number of alkyl halides is 2. The predicted octanol–water partition coefficient (Wildman–Crippen LogP) is 4.95. The lowest BCUT2D eigenvalue weighted by atomic mass is 9.78. The molecule has 184 valence electrons. The molecule has 9 heteroatoms. The minimum atomic E-state index is -2.60. The largest absolute Gasteiger partial charge is 0.498 e. The van der Waals surface area contributed by atoms with E-state index in [1.807, 2.05) is 48.5 Å². The normalized spacial score (nSPS) is 20.9. The highest BCUT2D eigenvalue weighted by molar-refractivity contribution is 6.63. The van der Waals surface area contributed by atoms with Gasteiger partial charge in [0.2, 0.25) is 0 Å². The van der Waals surface area contributed by atoms with Gasteiger partial charge >= 0.3 is 13.2 Å². The van der Waals surface area contributed by atoms with Crippen LogP contribution in [0.5, 0.6) is 5.75 Å². The van der Waals surface area contributed by atoms with Crippen molar-refractivity contribution in [3.63, 3.8) is 0 Å². The average molecular weight is 467 g/mol. The molecule has 2 saturated heterocycles. The van der Waals surface area contributed by atoms with Crippen LogP contribution in [-0.2, 0) is 14.0 Å². The van der Waals surface area contributed by atoms with E-state index in [0.717, 1.165) is 12.8 Å². The molecule has 0 atom stereocenters. The zero-order chi connectivity index (χ0) is 24.6. The molecule has 2 fully saturated rings. The Labute approximate surface area is 196 Å². The van der Waals surface area contributed by atoms with Crippen molar-refractivity contribution >= 4 is 18.7 Å². The summed E-state index contributed by atoms with van der Waals surface area (Å²) >= 11 is 0. The molecule has 2 aliphatic rings. The topological polar surface area (TPSA) is 57.2 Å². The van der Waals surface area contributed by atoms with Gasteiger partial charge in [0.05, 0.1) is 17.8 Å². The van der Waals surface area contributed by atoms with Crippen molar-refractivity contribution in [2.24, 2.45) is 5.92 Å². The van der Waals surface area contributed by atoms with Crippen LogP contribution in [-0.4, -0.2) is 54.6 Å². The van der Waals surface area contributed by atoms with Crippen molar-refractivity contribution < 1.29 is 32.4 Å². The second kappa shape index (κ2) is 9.41. The molecule has 2 heterocycles. The maximum atomic E-state index is 13.4. The van der Waals surface area contributed by atoms with Crippen LogP contribution in [0.2, 0.25) is 0 Å². The Kier molecular flexibility index (Phi) is 7.34. The number of rotatable bonds is 5. The molecule has 0 aromatic heterocycles. The minimum Gasteiger partial charge on any atom is -0.494 e. The third-order valence-electron chi connectivity index (χ3n) is 6.54. The average Bonchev–Trinajstić information content (AvgIpc) is 2.92. The first-order valence-corrected chi connectivity index (χ1v) is 11.6. The van der Waals surface area contributed by atoms with Crippen molar-refractivity contribution in [2.45, 2.75) is 84.5 Å². The van der Waals surface area contributed by atoms with Crippen LogP contribution in [0.25, 0.3) is 0 Å². The molecule has 2 aliphatic heterocycles. The maximum absolute atomic E-state index is 13.4. The Morgan fingerprint density at radius 1 is 1.15 bits per heavy atom. The van der Waals surface area contributed by atoms with Crippen LogP contribution >= 0.6 is 0 Å². The number of nitrogens with zero attached hydrogens (tertiary/aromatic N) is 1. The zero-order valence-corrected chi connectivity index (χ0v) is 20.7. The van der Waals surface area contributed by atoms with Gasteiger partial charge in [0.25, 0.3) is 6.43 Å². The number of piperidine rings is 1. The monoisotopic (exact) mass is 467 g/mol. The highest BCUT2D eigenvalue weighted by atomic mass is 19.3. The number of amides is 1. The molecule has 1 aromatic carbocycles. The standard InChI is InChI=1S/C24H36BF2NO5/c1-22(2,3)31-21(29)28-12-10-16(11-13-28)15-30-19-14-17(20(26)27)8-9-18(19)25-32-23(4,5)24(6,7)33-25/h8-9,14,16,20H,10-13,15H2,1-7H3. The van der Waals surface area contributed by atoms with E-state index in [4.69, 9.17) is 18.8 Å². The fourth-order valence-corrected chi connectivity index (χ4v) is 3.79. The summed E-state index contributed by atoms with van der Waals surface area (Å²) in [6, 6.07) is 4.36. The van der Waals surface area contributed by atoms with Gasteiger partial charge in [0.1, 0.15) is 11.4 Å². The number of benzene rings is 1. The van der Waals surface area contributed by atoms with Gasteiger partial charge in [-0.2, -0.15) is 0 Å². The van der Waals surface area contributed by atoms with E-state index in [0.29, 0.717) is 30.9 Å². The molecule has 0 unspecified atom stereocenters. The number of carbonyl (C=O) groups excluding carboxylic acids is 1.